The summed E-state index contributed by atoms with van der Waals surface area (Å²) in [5.41, 5.74) is 1.20. The highest BCUT2D eigenvalue weighted by atomic mass is 16.8. The first kappa shape index (κ1) is 28.7. The van der Waals surface area contributed by atoms with Crippen LogP contribution in [-0.4, -0.2) is 80.3 Å². The van der Waals surface area contributed by atoms with Gasteiger partial charge in [-0.2, -0.15) is 0 Å². The Kier molecular flexibility index (Phi) is 9.11. The van der Waals surface area contributed by atoms with Gasteiger partial charge in [0.15, 0.2) is 0 Å². The van der Waals surface area contributed by atoms with E-state index in [9.17, 15) is 9.59 Å². The standard InChI is InChI=1S/C26H32N6O8/c1-25(2,13-15-35-23(33)39-31-21-11-7-5-9-19(21)27-29-31)37-16-14-26(3,4)38-18-17-36-24(34)40-32-22-12-8-6-10-20(22)28-30-32/h5-12H,13-18H2,1-4H3. The number of nitrogens with zero attached hydrogens (tertiary/aromatic N) is 6. The molecule has 0 atom stereocenters. The van der Waals surface area contributed by atoms with Crippen molar-refractivity contribution in [2.75, 3.05) is 26.4 Å². The molecule has 0 radical (unpaired) electrons. The zero-order valence-corrected chi connectivity index (χ0v) is 22.8. The zero-order valence-electron chi connectivity index (χ0n) is 22.8. The van der Waals surface area contributed by atoms with Gasteiger partial charge in [0.1, 0.15) is 28.7 Å². The van der Waals surface area contributed by atoms with Gasteiger partial charge in [-0.15, -0.1) is 10.2 Å². The van der Waals surface area contributed by atoms with Crippen LogP contribution in [0.4, 0.5) is 9.59 Å². The number of para-hydroxylation sites is 2. The maximum atomic E-state index is 12.0. The van der Waals surface area contributed by atoms with Crippen LogP contribution in [0.3, 0.4) is 0 Å². The molecule has 0 spiro atoms. The quantitative estimate of drug-likeness (QED) is 0.135. The van der Waals surface area contributed by atoms with Gasteiger partial charge in [0.25, 0.3) is 0 Å². The normalized spacial score (nSPS) is 12.0. The summed E-state index contributed by atoms with van der Waals surface area (Å²) >= 11 is 0. The Hall–Kier alpha value is -4.30. The largest absolute Gasteiger partial charge is 0.535 e. The van der Waals surface area contributed by atoms with Gasteiger partial charge in [-0.25, -0.2) is 9.59 Å². The highest BCUT2D eigenvalue weighted by Crippen LogP contribution is 2.20. The molecule has 0 saturated carbocycles. The minimum absolute atomic E-state index is 0.000924. The first-order chi connectivity index (χ1) is 19.1. The summed E-state index contributed by atoms with van der Waals surface area (Å²) in [6.07, 6.45) is -0.781. The second-order valence-electron chi connectivity index (χ2n) is 10.00. The minimum atomic E-state index is -0.914. The predicted molar refractivity (Wildman–Crippen MR) is 140 cm³/mol. The summed E-state index contributed by atoms with van der Waals surface area (Å²) in [5, 5.41) is 15.4. The Balaban J connectivity index is 1.08. The number of hydrogen-bond donors (Lipinski definition) is 0. The lowest BCUT2D eigenvalue weighted by Gasteiger charge is -2.29. The Morgan fingerprint density at radius 3 is 1.65 bits per heavy atom. The Morgan fingerprint density at radius 2 is 1.10 bits per heavy atom. The summed E-state index contributed by atoms with van der Waals surface area (Å²) in [6.45, 7) is 8.29. The van der Waals surface area contributed by atoms with Crippen molar-refractivity contribution in [1.29, 1.82) is 0 Å². The molecule has 4 aromatic rings. The average Bonchev–Trinajstić information content (AvgIpc) is 3.50. The average molecular weight is 557 g/mol. The van der Waals surface area contributed by atoms with Crippen molar-refractivity contribution in [3.8, 4) is 0 Å². The molecule has 14 heteroatoms. The molecule has 14 nitrogen and oxygen atoms in total. The summed E-state index contributed by atoms with van der Waals surface area (Å²) in [6, 6.07) is 14.2. The number of carbonyl (C=O) groups is 2. The van der Waals surface area contributed by atoms with E-state index in [-0.39, 0.29) is 19.8 Å². The van der Waals surface area contributed by atoms with E-state index in [1.807, 2.05) is 39.8 Å². The van der Waals surface area contributed by atoms with E-state index in [1.54, 1.807) is 36.4 Å². The van der Waals surface area contributed by atoms with Gasteiger partial charge in [0, 0.05) is 6.42 Å². The molecule has 0 amide bonds. The van der Waals surface area contributed by atoms with E-state index >= 15 is 0 Å². The molecule has 0 aliphatic heterocycles. The van der Waals surface area contributed by atoms with E-state index in [2.05, 4.69) is 20.6 Å². The third-order valence-corrected chi connectivity index (χ3v) is 5.88. The van der Waals surface area contributed by atoms with Crippen LogP contribution in [0.1, 0.15) is 40.5 Å². The number of carbonyl (C=O) groups excluding carboxylic acids is 2. The fourth-order valence-electron chi connectivity index (χ4n) is 3.56. The maximum Gasteiger partial charge on any atom is 0.535 e. The van der Waals surface area contributed by atoms with Gasteiger partial charge >= 0.3 is 12.3 Å². The zero-order chi connectivity index (χ0) is 28.6. The lowest BCUT2D eigenvalue weighted by molar-refractivity contribution is -0.0869. The molecular formula is C26H32N6O8. The van der Waals surface area contributed by atoms with E-state index < -0.39 is 23.5 Å². The topological polar surface area (TPSA) is 151 Å². The number of fused-ring (bicyclic) bond motifs is 2. The summed E-state index contributed by atoms with van der Waals surface area (Å²) in [4.78, 5) is 36.2. The molecule has 0 N–H and O–H groups in total. The van der Waals surface area contributed by atoms with E-state index in [4.69, 9.17) is 28.6 Å². The van der Waals surface area contributed by atoms with Gasteiger partial charge < -0.3 is 18.9 Å². The van der Waals surface area contributed by atoms with Crippen LogP contribution in [0.5, 0.6) is 0 Å². The Labute approximate surface area is 229 Å². The lowest BCUT2D eigenvalue weighted by Crippen LogP contribution is -2.33. The maximum absolute atomic E-state index is 12.0. The first-order valence-corrected chi connectivity index (χ1v) is 12.7. The molecule has 2 aromatic carbocycles. The molecule has 0 aliphatic carbocycles. The first-order valence-electron chi connectivity index (χ1n) is 12.7. The fraction of sp³-hybridized carbons (Fsp3) is 0.462. The lowest BCUT2D eigenvalue weighted by atomic mass is 10.0. The van der Waals surface area contributed by atoms with Crippen LogP contribution in [0.25, 0.3) is 22.1 Å². The molecule has 0 bridgehead atoms. The van der Waals surface area contributed by atoms with Gasteiger partial charge in [-0.1, -0.05) is 34.0 Å². The smallest absolute Gasteiger partial charge is 0.433 e. The minimum Gasteiger partial charge on any atom is -0.433 e. The highest BCUT2D eigenvalue weighted by molar-refractivity contribution is 5.75. The number of rotatable bonds is 13. The molecular weight excluding hydrogens is 524 g/mol. The summed E-state index contributed by atoms with van der Waals surface area (Å²) < 4.78 is 22.1. The molecule has 0 fully saturated rings. The monoisotopic (exact) mass is 556 g/mol. The highest BCUT2D eigenvalue weighted by Gasteiger charge is 2.24. The van der Waals surface area contributed by atoms with Crippen molar-refractivity contribution in [2.45, 2.75) is 51.7 Å². The van der Waals surface area contributed by atoms with Crippen LogP contribution < -0.4 is 9.68 Å². The van der Waals surface area contributed by atoms with E-state index in [0.717, 1.165) is 9.69 Å². The third kappa shape index (κ3) is 8.10. The number of hydrogen-bond acceptors (Lipinski definition) is 12. The van der Waals surface area contributed by atoms with Crippen LogP contribution in [-0.2, 0) is 18.9 Å². The van der Waals surface area contributed by atoms with Crippen molar-refractivity contribution in [2.24, 2.45) is 0 Å². The SMILES string of the molecule is CC(C)(CCOC(=O)On1nnc2ccccc21)OCCC(C)(C)OCCOC(=O)On1nnc2ccccc21. The third-order valence-electron chi connectivity index (χ3n) is 5.88. The molecule has 0 aliphatic rings. The molecule has 4 rings (SSSR count). The second-order valence-corrected chi connectivity index (χ2v) is 10.00. The van der Waals surface area contributed by atoms with Gasteiger partial charge in [0.2, 0.25) is 0 Å². The van der Waals surface area contributed by atoms with Crippen molar-refractivity contribution < 1.29 is 38.2 Å². The van der Waals surface area contributed by atoms with Crippen molar-refractivity contribution >= 4 is 34.4 Å². The molecule has 0 unspecified atom stereocenters. The van der Waals surface area contributed by atoms with Gasteiger partial charge in [-0.3, -0.25) is 9.68 Å². The van der Waals surface area contributed by atoms with E-state index in [0.29, 0.717) is 41.5 Å². The van der Waals surface area contributed by atoms with Gasteiger partial charge in [0.05, 0.1) is 31.0 Å². The van der Waals surface area contributed by atoms with Gasteiger partial charge in [-0.05, 0) is 68.8 Å². The second kappa shape index (κ2) is 12.7. The Morgan fingerprint density at radius 1 is 0.650 bits per heavy atom. The summed E-state index contributed by atoms with van der Waals surface area (Å²) in [5.74, 6) is 0. The van der Waals surface area contributed by atoms with Crippen LogP contribution in [0, 0.1) is 0 Å². The van der Waals surface area contributed by atoms with Crippen LogP contribution in [0.15, 0.2) is 48.5 Å². The van der Waals surface area contributed by atoms with Crippen LogP contribution in [0.2, 0.25) is 0 Å². The molecule has 2 aromatic heterocycles. The predicted octanol–water partition coefficient (Wildman–Crippen LogP) is 3.38. The van der Waals surface area contributed by atoms with Crippen molar-refractivity contribution in [1.82, 2.24) is 30.3 Å². The van der Waals surface area contributed by atoms with Crippen molar-refractivity contribution in [3.05, 3.63) is 48.5 Å². The number of aromatic nitrogens is 6. The number of ether oxygens (including phenoxy) is 4. The molecule has 40 heavy (non-hydrogen) atoms. The Bertz CT molecular complexity index is 1430. The number of benzene rings is 2. The summed E-state index contributed by atoms with van der Waals surface area (Å²) in [7, 11) is 0. The molecule has 0 saturated heterocycles. The molecule has 2 heterocycles. The van der Waals surface area contributed by atoms with Crippen LogP contribution >= 0.6 is 0 Å². The fourth-order valence-corrected chi connectivity index (χ4v) is 3.56. The van der Waals surface area contributed by atoms with Crippen molar-refractivity contribution in [3.63, 3.8) is 0 Å². The molecule has 214 valence electrons. The van der Waals surface area contributed by atoms with E-state index in [1.165, 1.54) is 0 Å².